The largest absolute Gasteiger partial charge is 0.482 e. The Kier molecular flexibility index (Phi) is 4.01. The average molecular weight is 264 g/mol. The minimum atomic E-state index is -0.566. The Hall–Kier alpha value is -2.08. The topological polar surface area (TPSA) is 76.7 Å². The van der Waals surface area contributed by atoms with E-state index in [-0.39, 0.29) is 18.5 Å². The van der Waals surface area contributed by atoms with Gasteiger partial charge in [-0.25, -0.2) is 4.79 Å². The first-order valence-electron chi connectivity index (χ1n) is 6.06. The molecule has 1 atom stereocenters. The van der Waals surface area contributed by atoms with Crippen molar-refractivity contribution >= 4 is 17.6 Å². The van der Waals surface area contributed by atoms with Gasteiger partial charge in [-0.2, -0.15) is 0 Å². The molecule has 1 amide bonds. The fourth-order valence-electron chi connectivity index (χ4n) is 1.93. The maximum Gasteiger partial charge on any atom is 0.327 e. The standard InChI is InChI=1S/C13H16N2O4/c1-3-18-13(17)12(14-2)8-4-5-10-9(6-8)15-11(16)7-19-10/h4-6,12,14H,3,7H2,1-2H3,(H,15,16). The van der Waals surface area contributed by atoms with Crippen LogP contribution in [0.4, 0.5) is 5.69 Å². The quantitative estimate of drug-likeness (QED) is 0.788. The summed E-state index contributed by atoms with van der Waals surface area (Å²) in [4.78, 5) is 23.1. The molecule has 0 bridgehead atoms. The van der Waals surface area contributed by atoms with Gasteiger partial charge >= 0.3 is 5.97 Å². The monoisotopic (exact) mass is 264 g/mol. The van der Waals surface area contributed by atoms with Crippen molar-refractivity contribution in [2.24, 2.45) is 0 Å². The van der Waals surface area contributed by atoms with Crippen molar-refractivity contribution < 1.29 is 19.1 Å². The highest BCUT2D eigenvalue weighted by atomic mass is 16.5. The van der Waals surface area contributed by atoms with Crippen molar-refractivity contribution in [2.45, 2.75) is 13.0 Å². The first-order chi connectivity index (χ1) is 9.15. The lowest BCUT2D eigenvalue weighted by Gasteiger charge is -2.21. The number of ether oxygens (including phenoxy) is 2. The highest BCUT2D eigenvalue weighted by molar-refractivity contribution is 5.95. The van der Waals surface area contributed by atoms with E-state index in [9.17, 15) is 9.59 Å². The Morgan fingerprint density at radius 1 is 1.58 bits per heavy atom. The molecule has 0 aliphatic carbocycles. The third-order valence-corrected chi connectivity index (χ3v) is 2.78. The summed E-state index contributed by atoms with van der Waals surface area (Å²) in [5, 5.41) is 5.60. The second-order valence-electron chi connectivity index (χ2n) is 4.07. The van der Waals surface area contributed by atoms with E-state index in [2.05, 4.69) is 10.6 Å². The van der Waals surface area contributed by atoms with Crippen LogP contribution in [-0.2, 0) is 14.3 Å². The van der Waals surface area contributed by atoms with Crippen LogP contribution in [0.15, 0.2) is 18.2 Å². The SMILES string of the molecule is CCOC(=O)C(NC)c1ccc2c(c1)NC(=O)CO2. The van der Waals surface area contributed by atoms with E-state index >= 15 is 0 Å². The van der Waals surface area contributed by atoms with Crippen molar-refractivity contribution in [1.29, 1.82) is 0 Å². The van der Waals surface area contributed by atoms with Crippen molar-refractivity contribution in [2.75, 3.05) is 25.6 Å². The molecule has 1 heterocycles. The lowest BCUT2D eigenvalue weighted by Crippen LogP contribution is -2.29. The van der Waals surface area contributed by atoms with Gasteiger partial charge in [-0.1, -0.05) is 6.07 Å². The maximum atomic E-state index is 11.8. The minimum absolute atomic E-state index is 0.0136. The lowest BCUT2D eigenvalue weighted by atomic mass is 10.1. The fraction of sp³-hybridized carbons (Fsp3) is 0.385. The van der Waals surface area contributed by atoms with Gasteiger partial charge in [0.05, 0.1) is 12.3 Å². The summed E-state index contributed by atoms with van der Waals surface area (Å²) in [5.74, 6) is 0.0388. The molecule has 1 unspecified atom stereocenters. The van der Waals surface area contributed by atoms with E-state index in [0.29, 0.717) is 23.6 Å². The van der Waals surface area contributed by atoms with Gasteiger partial charge in [0.2, 0.25) is 0 Å². The van der Waals surface area contributed by atoms with E-state index in [1.54, 1.807) is 32.2 Å². The average Bonchev–Trinajstić information content (AvgIpc) is 2.39. The molecule has 1 aromatic rings. The van der Waals surface area contributed by atoms with Gasteiger partial charge in [-0.05, 0) is 31.7 Å². The number of hydrogen-bond donors (Lipinski definition) is 2. The van der Waals surface area contributed by atoms with Crippen LogP contribution < -0.4 is 15.4 Å². The number of carbonyl (C=O) groups is 2. The molecule has 6 nitrogen and oxygen atoms in total. The Morgan fingerprint density at radius 3 is 3.05 bits per heavy atom. The van der Waals surface area contributed by atoms with Crippen LogP contribution in [0.3, 0.4) is 0 Å². The Bertz CT molecular complexity index is 501. The van der Waals surface area contributed by atoms with Gasteiger partial charge in [-0.15, -0.1) is 0 Å². The number of nitrogens with one attached hydrogen (secondary N) is 2. The molecule has 102 valence electrons. The molecule has 0 radical (unpaired) electrons. The second kappa shape index (κ2) is 5.71. The molecule has 2 N–H and O–H groups in total. The molecule has 0 saturated carbocycles. The van der Waals surface area contributed by atoms with Gasteiger partial charge in [0.25, 0.3) is 5.91 Å². The number of hydrogen-bond acceptors (Lipinski definition) is 5. The zero-order valence-electron chi connectivity index (χ0n) is 10.9. The molecule has 0 aromatic heterocycles. The van der Waals surface area contributed by atoms with Crippen molar-refractivity contribution in [3.8, 4) is 5.75 Å². The number of fused-ring (bicyclic) bond motifs is 1. The predicted molar refractivity (Wildman–Crippen MR) is 69.0 cm³/mol. The van der Waals surface area contributed by atoms with Crippen LogP contribution in [0, 0.1) is 0 Å². The van der Waals surface area contributed by atoms with Gasteiger partial charge in [0.15, 0.2) is 6.61 Å². The van der Waals surface area contributed by atoms with Crippen molar-refractivity contribution in [1.82, 2.24) is 5.32 Å². The van der Waals surface area contributed by atoms with Crippen LogP contribution in [0.5, 0.6) is 5.75 Å². The third-order valence-electron chi connectivity index (χ3n) is 2.78. The Labute approximate surface area is 111 Å². The fourth-order valence-corrected chi connectivity index (χ4v) is 1.93. The highest BCUT2D eigenvalue weighted by Crippen LogP contribution is 2.30. The number of anilines is 1. The summed E-state index contributed by atoms with van der Waals surface area (Å²) in [7, 11) is 1.68. The van der Waals surface area contributed by atoms with Crippen molar-refractivity contribution in [3.05, 3.63) is 23.8 Å². The molecule has 0 fully saturated rings. The molecule has 1 aliphatic heterocycles. The first-order valence-corrected chi connectivity index (χ1v) is 6.06. The summed E-state index contributed by atoms with van der Waals surface area (Å²) < 4.78 is 10.3. The highest BCUT2D eigenvalue weighted by Gasteiger charge is 2.23. The van der Waals surface area contributed by atoms with Crippen LogP contribution >= 0.6 is 0 Å². The molecule has 2 rings (SSSR count). The predicted octanol–water partition coefficient (Wildman–Crippen LogP) is 0.841. The molecule has 19 heavy (non-hydrogen) atoms. The molecule has 0 saturated heterocycles. The number of benzene rings is 1. The minimum Gasteiger partial charge on any atom is -0.482 e. The normalized spacial score (nSPS) is 14.9. The van der Waals surface area contributed by atoms with Crippen LogP contribution in [0.1, 0.15) is 18.5 Å². The maximum absolute atomic E-state index is 11.8. The molecule has 6 heteroatoms. The third kappa shape index (κ3) is 2.85. The zero-order chi connectivity index (χ0) is 13.8. The first kappa shape index (κ1) is 13.4. The second-order valence-corrected chi connectivity index (χ2v) is 4.07. The molecule has 1 aromatic carbocycles. The molecule has 0 spiro atoms. The molecular formula is C13H16N2O4. The number of rotatable bonds is 4. The number of amides is 1. The molecular weight excluding hydrogens is 248 g/mol. The van der Waals surface area contributed by atoms with E-state index in [1.165, 1.54) is 0 Å². The van der Waals surface area contributed by atoms with Crippen LogP contribution in [-0.4, -0.2) is 32.1 Å². The van der Waals surface area contributed by atoms with E-state index in [0.717, 1.165) is 0 Å². The summed E-state index contributed by atoms with van der Waals surface area (Å²) in [6.45, 7) is 2.09. The summed E-state index contributed by atoms with van der Waals surface area (Å²) >= 11 is 0. The van der Waals surface area contributed by atoms with E-state index < -0.39 is 6.04 Å². The van der Waals surface area contributed by atoms with Crippen molar-refractivity contribution in [3.63, 3.8) is 0 Å². The van der Waals surface area contributed by atoms with E-state index in [1.807, 2.05) is 0 Å². The number of esters is 1. The van der Waals surface area contributed by atoms with Gasteiger partial charge in [0, 0.05) is 0 Å². The smallest absolute Gasteiger partial charge is 0.327 e. The lowest BCUT2D eigenvalue weighted by molar-refractivity contribution is -0.145. The summed E-state index contributed by atoms with van der Waals surface area (Å²) in [6, 6.07) is 4.65. The van der Waals surface area contributed by atoms with Gasteiger partial charge in [0.1, 0.15) is 11.8 Å². The van der Waals surface area contributed by atoms with Gasteiger partial charge in [-0.3, -0.25) is 4.79 Å². The zero-order valence-corrected chi connectivity index (χ0v) is 10.9. The number of carbonyl (C=O) groups excluding carboxylic acids is 2. The Balaban J connectivity index is 2.27. The van der Waals surface area contributed by atoms with Crippen LogP contribution in [0.25, 0.3) is 0 Å². The Morgan fingerprint density at radius 2 is 2.37 bits per heavy atom. The summed E-state index contributed by atoms with van der Waals surface area (Å²) in [5.41, 5.74) is 1.28. The summed E-state index contributed by atoms with van der Waals surface area (Å²) in [6.07, 6.45) is 0. The number of likely N-dealkylation sites (N-methyl/N-ethyl adjacent to an activating group) is 1. The van der Waals surface area contributed by atoms with E-state index in [4.69, 9.17) is 9.47 Å². The molecule has 1 aliphatic rings. The van der Waals surface area contributed by atoms with Crippen LogP contribution in [0.2, 0.25) is 0 Å². The van der Waals surface area contributed by atoms with Gasteiger partial charge < -0.3 is 20.1 Å².